The fourth-order valence-corrected chi connectivity index (χ4v) is 3.93. The first kappa shape index (κ1) is 17.2. The molecule has 1 aromatic carbocycles. The largest absolute Gasteiger partial charge is 0.476 e. The molecule has 0 aliphatic carbocycles. The highest BCUT2D eigenvalue weighted by molar-refractivity contribution is 7.92. The van der Waals surface area contributed by atoms with Gasteiger partial charge in [-0.2, -0.15) is 13.2 Å². The van der Waals surface area contributed by atoms with Crippen molar-refractivity contribution in [1.29, 1.82) is 0 Å². The SMILES string of the molecule is CS(=O)(=O)N(c1cccc(C(F)(F)F)c1)c1scnc1C(=O)O. The molecule has 0 radical (unpaired) electrons. The lowest BCUT2D eigenvalue weighted by atomic mass is 10.2. The number of aromatic nitrogens is 1. The molecule has 2 aromatic rings. The molecule has 124 valence electrons. The Balaban J connectivity index is 2.67. The van der Waals surface area contributed by atoms with Gasteiger partial charge in [-0.05, 0) is 18.2 Å². The van der Waals surface area contributed by atoms with Crippen molar-refractivity contribution < 1.29 is 31.5 Å². The van der Waals surface area contributed by atoms with E-state index in [9.17, 15) is 26.4 Å². The number of aromatic carboxylic acids is 1. The molecule has 0 spiro atoms. The molecule has 0 aliphatic rings. The molecule has 23 heavy (non-hydrogen) atoms. The van der Waals surface area contributed by atoms with Crippen LogP contribution in [0, 0.1) is 0 Å². The van der Waals surface area contributed by atoms with Gasteiger partial charge in [0.05, 0.1) is 23.0 Å². The Morgan fingerprint density at radius 2 is 2.00 bits per heavy atom. The van der Waals surface area contributed by atoms with Gasteiger partial charge < -0.3 is 5.11 Å². The third-order valence-corrected chi connectivity index (χ3v) is 4.66. The molecular formula is C12H9F3N2O4S2. The zero-order chi connectivity index (χ0) is 17.4. The zero-order valence-corrected chi connectivity index (χ0v) is 13.0. The fraction of sp³-hybridized carbons (Fsp3) is 0.167. The minimum Gasteiger partial charge on any atom is -0.476 e. The van der Waals surface area contributed by atoms with Crippen LogP contribution in [0.3, 0.4) is 0 Å². The second-order valence-corrected chi connectivity index (χ2v) is 7.05. The summed E-state index contributed by atoms with van der Waals surface area (Å²) in [5.74, 6) is -1.48. The normalized spacial score (nSPS) is 12.2. The van der Waals surface area contributed by atoms with E-state index in [0.717, 1.165) is 30.0 Å². The lowest BCUT2D eigenvalue weighted by Gasteiger charge is -2.22. The number of anilines is 2. The van der Waals surface area contributed by atoms with Crippen LogP contribution in [0.2, 0.25) is 0 Å². The molecule has 0 saturated heterocycles. The average Bonchev–Trinajstić information content (AvgIpc) is 2.85. The highest BCUT2D eigenvalue weighted by Gasteiger charge is 2.33. The average molecular weight is 366 g/mol. The zero-order valence-electron chi connectivity index (χ0n) is 11.4. The van der Waals surface area contributed by atoms with Crippen molar-refractivity contribution in [1.82, 2.24) is 4.98 Å². The molecule has 0 amide bonds. The number of carbonyl (C=O) groups is 1. The molecule has 0 atom stereocenters. The maximum absolute atomic E-state index is 12.8. The number of nitrogens with zero attached hydrogens (tertiary/aromatic N) is 2. The highest BCUT2D eigenvalue weighted by Crippen LogP contribution is 2.37. The van der Waals surface area contributed by atoms with E-state index in [-0.39, 0.29) is 10.7 Å². The maximum atomic E-state index is 12.8. The Hall–Kier alpha value is -2.14. The van der Waals surface area contributed by atoms with Gasteiger partial charge in [0.2, 0.25) is 10.0 Å². The number of benzene rings is 1. The van der Waals surface area contributed by atoms with Gasteiger partial charge in [-0.1, -0.05) is 6.07 Å². The quantitative estimate of drug-likeness (QED) is 0.899. The van der Waals surface area contributed by atoms with Crippen molar-refractivity contribution >= 4 is 38.0 Å². The molecule has 6 nitrogen and oxygen atoms in total. The lowest BCUT2D eigenvalue weighted by Crippen LogP contribution is -2.26. The van der Waals surface area contributed by atoms with Gasteiger partial charge in [-0.15, -0.1) is 11.3 Å². The van der Waals surface area contributed by atoms with Crippen LogP contribution in [0.25, 0.3) is 0 Å². The van der Waals surface area contributed by atoms with E-state index in [1.807, 2.05) is 0 Å². The third kappa shape index (κ3) is 3.62. The number of carboxylic acids is 1. The van der Waals surface area contributed by atoms with E-state index in [1.54, 1.807) is 0 Å². The summed E-state index contributed by atoms with van der Waals surface area (Å²) >= 11 is 0.695. The van der Waals surface area contributed by atoms with Crippen molar-refractivity contribution in [3.63, 3.8) is 0 Å². The summed E-state index contributed by atoms with van der Waals surface area (Å²) in [6.07, 6.45) is -3.90. The number of alkyl halides is 3. The van der Waals surface area contributed by atoms with Gasteiger partial charge in [0, 0.05) is 0 Å². The monoisotopic (exact) mass is 366 g/mol. The van der Waals surface area contributed by atoms with Crippen LogP contribution in [0.1, 0.15) is 16.1 Å². The van der Waals surface area contributed by atoms with Crippen molar-refractivity contribution in [2.75, 3.05) is 10.6 Å². The Kier molecular flexibility index (Phi) is 4.35. The molecule has 1 aromatic heterocycles. The topological polar surface area (TPSA) is 87.6 Å². The molecule has 0 saturated carbocycles. The first-order valence-electron chi connectivity index (χ1n) is 5.86. The van der Waals surface area contributed by atoms with E-state index >= 15 is 0 Å². The van der Waals surface area contributed by atoms with Gasteiger partial charge in [-0.25, -0.2) is 22.5 Å². The fourth-order valence-electron chi connectivity index (χ4n) is 1.80. The Morgan fingerprint density at radius 3 is 2.52 bits per heavy atom. The number of hydrogen-bond donors (Lipinski definition) is 1. The number of hydrogen-bond acceptors (Lipinski definition) is 5. The number of halogens is 3. The van der Waals surface area contributed by atoms with Crippen LogP contribution in [0.5, 0.6) is 0 Å². The standard InChI is InChI=1S/C12H9F3N2O4S2/c1-23(20,21)17(10-9(11(18)19)16-6-22-10)8-4-2-3-7(5-8)12(13,14)15/h2-6H,1H3,(H,18,19). The predicted octanol–water partition coefficient (Wildman–Crippen LogP) is 2.96. The van der Waals surface area contributed by atoms with Crippen molar-refractivity contribution in [3.8, 4) is 0 Å². The molecule has 0 bridgehead atoms. The van der Waals surface area contributed by atoms with Gasteiger partial charge in [-0.3, -0.25) is 0 Å². The van der Waals surface area contributed by atoms with E-state index in [4.69, 9.17) is 5.11 Å². The van der Waals surface area contributed by atoms with Crippen LogP contribution >= 0.6 is 11.3 Å². The van der Waals surface area contributed by atoms with Crippen LogP contribution in [-0.2, 0) is 16.2 Å². The van der Waals surface area contributed by atoms with E-state index in [0.29, 0.717) is 21.7 Å². The van der Waals surface area contributed by atoms with Crippen molar-refractivity contribution in [2.45, 2.75) is 6.18 Å². The summed E-state index contributed by atoms with van der Waals surface area (Å²) in [6, 6.07) is 3.60. The Labute approximate surface area is 132 Å². The summed E-state index contributed by atoms with van der Waals surface area (Å²) in [4.78, 5) is 14.7. The number of rotatable bonds is 4. The summed E-state index contributed by atoms with van der Waals surface area (Å²) in [5, 5.41) is 8.75. The molecule has 11 heteroatoms. The van der Waals surface area contributed by atoms with Gasteiger partial charge >= 0.3 is 12.1 Å². The first-order valence-corrected chi connectivity index (χ1v) is 8.59. The Bertz CT molecular complexity index is 846. The van der Waals surface area contributed by atoms with Gasteiger partial charge in [0.25, 0.3) is 0 Å². The number of carboxylic acid groups (broad SMARTS) is 1. The maximum Gasteiger partial charge on any atom is 0.416 e. The summed E-state index contributed by atoms with van der Waals surface area (Å²) in [6.45, 7) is 0. The van der Waals surface area contributed by atoms with E-state index in [1.165, 1.54) is 0 Å². The second-order valence-electron chi connectivity index (χ2n) is 4.39. The summed E-state index contributed by atoms with van der Waals surface area (Å²) < 4.78 is 62.9. The minimum absolute atomic E-state index is 0.292. The molecule has 0 unspecified atom stereocenters. The predicted molar refractivity (Wildman–Crippen MR) is 77.5 cm³/mol. The van der Waals surface area contributed by atoms with Gasteiger partial charge in [0.15, 0.2) is 5.69 Å². The molecule has 0 aliphatic heterocycles. The van der Waals surface area contributed by atoms with Crippen LogP contribution in [0.15, 0.2) is 29.8 Å². The third-order valence-electron chi connectivity index (χ3n) is 2.68. The molecule has 1 heterocycles. The van der Waals surface area contributed by atoms with Crippen LogP contribution in [-0.4, -0.2) is 30.7 Å². The Morgan fingerprint density at radius 1 is 1.35 bits per heavy atom. The lowest BCUT2D eigenvalue weighted by molar-refractivity contribution is -0.137. The summed E-state index contributed by atoms with van der Waals surface area (Å²) in [5.41, 5.74) is -0.832. The minimum atomic E-state index is -4.66. The van der Waals surface area contributed by atoms with Gasteiger partial charge in [0.1, 0.15) is 5.00 Å². The number of thiazole rings is 1. The van der Waals surface area contributed by atoms with Crippen molar-refractivity contribution in [3.05, 3.63) is 41.0 Å². The molecular weight excluding hydrogens is 357 g/mol. The first-order chi connectivity index (χ1) is 10.5. The molecule has 1 N–H and O–H groups in total. The van der Waals surface area contributed by atoms with E-state index < -0.39 is 33.4 Å². The van der Waals surface area contributed by atoms with E-state index in [2.05, 4.69) is 4.98 Å². The molecule has 2 rings (SSSR count). The molecule has 0 fully saturated rings. The van der Waals surface area contributed by atoms with Crippen molar-refractivity contribution in [2.24, 2.45) is 0 Å². The van der Waals surface area contributed by atoms with Crippen LogP contribution in [0.4, 0.5) is 23.9 Å². The smallest absolute Gasteiger partial charge is 0.416 e. The summed E-state index contributed by atoms with van der Waals surface area (Å²) in [7, 11) is -4.09. The van der Waals surface area contributed by atoms with Crippen LogP contribution < -0.4 is 4.31 Å². The second kappa shape index (κ2) is 5.81. The number of sulfonamides is 1. The highest BCUT2D eigenvalue weighted by atomic mass is 32.2.